The van der Waals surface area contributed by atoms with Crippen LogP contribution in [0.5, 0.6) is 0 Å². The lowest BCUT2D eigenvalue weighted by molar-refractivity contribution is 0.225. The normalized spacial score (nSPS) is 37.5. The van der Waals surface area contributed by atoms with E-state index in [-0.39, 0.29) is 0 Å². The van der Waals surface area contributed by atoms with E-state index in [0.717, 1.165) is 23.8 Å². The summed E-state index contributed by atoms with van der Waals surface area (Å²) in [4.78, 5) is 0. The molecule has 2 fully saturated rings. The van der Waals surface area contributed by atoms with E-state index in [1.54, 1.807) is 0 Å². The molecule has 1 aliphatic carbocycles. The molecule has 2 heteroatoms. The van der Waals surface area contributed by atoms with Gasteiger partial charge >= 0.3 is 0 Å². The van der Waals surface area contributed by atoms with Crippen molar-refractivity contribution in [2.75, 3.05) is 19.6 Å². The van der Waals surface area contributed by atoms with Gasteiger partial charge in [0.15, 0.2) is 0 Å². The Morgan fingerprint density at radius 3 is 2.25 bits per heavy atom. The summed E-state index contributed by atoms with van der Waals surface area (Å²) in [6.07, 6.45) is 6.96. The summed E-state index contributed by atoms with van der Waals surface area (Å²) in [5.74, 6) is 2.78. The van der Waals surface area contributed by atoms with Crippen LogP contribution in [0.15, 0.2) is 0 Å². The average Bonchev–Trinajstić information content (AvgIpc) is 2.27. The summed E-state index contributed by atoms with van der Waals surface area (Å²) < 4.78 is 0. The molecule has 0 radical (unpaired) electrons. The van der Waals surface area contributed by atoms with Crippen molar-refractivity contribution < 1.29 is 0 Å². The van der Waals surface area contributed by atoms with Gasteiger partial charge in [-0.25, -0.2) is 0 Å². The fourth-order valence-corrected chi connectivity index (χ4v) is 3.53. The van der Waals surface area contributed by atoms with E-state index in [1.807, 2.05) is 0 Å². The first-order chi connectivity index (χ1) is 7.74. The van der Waals surface area contributed by atoms with Crippen molar-refractivity contribution in [3.05, 3.63) is 0 Å². The Bertz CT molecular complexity index is 189. The number of piperidine rings is 1. The van der Waals surface area contributed by atoms with Gasteiger partial charge in [-0.2, -0.15) is 0 Å². The van der Waals surface area contributed by atoms with Crippen LogP contribution in [0.4, 0.5) is 0 Å². The quantitative estimate of drug-likeness (QED) is 0.769. The third-order valence-electron chi connectivity index (χ3n) is 4.33. The van der Waals surface area contributed by atoms with E-state index in [2.05, 4.69) is 24.5 Å². The molecule has 0 amide bonds. The van der Waals surface area contributed by atoms with Gasteiger partial charge in [-0.3, -0.25) is 0 Å². The first-order valence-electron chi connectivity index (χ1n) is 7.18. The molecule has 0 aromatic heterocycles. The standard InChI is InChI=1S/C14H28N2/c1-11-7-12(2)9-14(8-11)16-10-13-3-5-15-6-4-13/h11-16H,3-10H2,1-2H3. The van der Waals surface area contributed by atoms with Crippen molar-refractivity contribution in [2.45, 2.75) is 52.0 Å². The van der Waals surface area contributed by atoms with Gasteiger partial charge in [-0.05, 0) is 69.5 Å². The predicted molar refractivity (Wildman–Crippen MR) is 69.6 cm³/mol. The van der Waals surface area contributed by atoms with Crippen molar-refractivity contribution >= 4 is 0 Å². The van der Waals surface area contributed by atoms with E-state index in [1.165, 1.54) is 51.7 Å². The molecular weight excluding hydrogens is 196 g/mol. The van der Waals surface area contributed by atoms with Gasteiger partial charge in [0.1, 0.15) is 0 Å². The Labute approximate surface area is 101 Å². The van der Waals surface area contributed by atoms with Gasteiger partial charge < -0.3 is 10.6 Å². The summed E-state index contributed by atoms with van der Waals surface area (Å²) in [5, 5.41) is 7.26. The predicted octanol–water partition coefficient (Wildman–Crippen LogP) is 2.40. The lowest BCUT2D eigenvalue weighted by Crippen LogP contribution is -2.41. The van der Waals surface area contributed by atoms with Crippen LogP contribution in [0.2, 0.25) is 0 Å². The van der Waals surface area contributed by atoms with Crippen molar-refractivity contribution in [1.82, 2.24) is 10.6 Å². The minimum absolute atomic E-state index is 0.800. The van der Waals surface area contributed by atoms with E-state index < -0.39 is 0 Å². The Morgan fingerprint density at radius 1 is 1.00 bits per heavy atom. The molecule has 0 aromatic carbocycles. The van der Waals surface area contributed by atoms with Crippen LogP contribution in [-0.2, 0) is 0 Å². The first kappa shape index (κ1) is 12.4. The third-order valence-corrected chi connectivity index (χ3v) is 4.33. The number of hydrogen-bond donors (Lipinski definition) is 2. The molecule has 2 unspecified atom stereocenters. The molecule has 1 aliphatic heterocycles. The Morgan fingerprint density at radius 2 is 1.62 bits per heavy atom. The molecule has 0 bridgehead atoms. The maximum absolute atomic E-state index is 3.82. The van der Waals surface area contributed by atoms with Crippen molar-refractivity contribution in [3.8, 4) is 0 Å². The minimum atomic E-state index is 0.800. The molecule has 0 spiro atoms. The summed E-state index contributed by atoms with van der Waals surface area (Å²) >= 11 is 0. The smallest absolute Gasteiger partial charge is 0.00722 e. The highest BCUT2D eigenvalue weighted by atomic mass is 14.9. The zero-order valence-electron chi connectivity index (χ0n) is 11.0. The van der Waals surface area contributed by atoms with E-state index in [4.69, 9.17) is 0 Å². The molecule has 1 heterocycles. The van der Waals surface area contributed by atoms with Gasteiger partial charge in [0.05, 0.1) is 0 Å². The maximum atomic E-state index is 3.82. The summed E-state index contributed by atoms with van der Waals surface area (Å²) in [5.41, 5.74) is 0. The van der Waals surface area contributed by atoms with E-state index in [9.17, 15) is 0 Å². The molecule has 1 saturated heterocycles. The highest BCUT2D eigenvalue weighted by Gasteiger charge is 2.24. The zero-order valence-corrected chi connectivity index (χ0v) is 11.0. The number of hydrogen-bond acceptors (Lipinski definition) is 2. The fraction of sp³-hybridized carbons (Fsp3) is 1.00. The third kappa shape index (κ3) is 3.74. The van der Waals surface area contributed by atoms with Crippen LogP contribution < -0.4 is 10.6 Å². The van der Waals surface area contributed by atoms with E-state index >= 15 is 0 Å². The first-order valence-corrected chi connectivity index (χ1v) is 7.18. The summed E-state index contributed by atoms with van der Waals surface area (Å²) in [6.45, 7) is 8.53. The number of rotatable bonds is 3. The van der Waals surface area contributed by atoms with E-state index in [0.29, 0.717) is 0 Å². The second-order valence-corrected chi connectivity index (χ2v) is 6.22. The second-order valence-electron chi connectivity index (χ2n) is 6.22. The van der Waals surface area contributed by atoms with Crippen molar-refractivity contribution in [2.24, 2.45) is 17.8 Å². The van der Waals surface area contributed by atoms with Crippen LogP contribution in [0.25, 0.3) is 0 Å². The Balaban J connectivity index is 1.68. The molecule has 2 atom stereocenters. The molecule has 2 N–H and O–H groups in total. The summed E-state index contributed by atoms with van der Waals surface area (Å²) in [7, 11) is 0. The van der Waals surface area contributed by atoms with Crippen molar-refractivity contribution in [3.63, 3.8) is 0 Å². The molecular formula is C14H28N2. The largest absolute Gasteiger partial charge is 0.317 e. The Kier molecular flexibility index (Phi) is 4.66. The average molecular weight is 224 g/mol. The molecule has 2 nitrogen and oxygen atoms in total. The molecule has 16 heavy (non-hydrogen) atoms. The minimum Gasteiger partial charge on any atom is -0.317 e. The fourth-order valence-electron chi connectivity index (χ4n) is 3.53. The second kappa shape index (κ2) is 6.02. The van der Waals surface area contributed by atoms with Crippen LogP contribution >= 0.6 is 0 Å². The van der Waals surface area contributed by atoms with Gasteiger partial charge in [-0.15, -0.1) is 0 Å². The van der Waals surface area contributed by atoms with Crippen LogP contribution in [0, 0.1) is 17.8 Å². The molecule has 1 saturated carbocycles. The van der Waals surface area contributed by atoms with Gasteiger partial charge in [0.25, 0.3) is 0 Å². The van der Waals surface area contributed by atoms with Crippen LogP contribution in [0.3, 0.4) is 0 Å². The highest BCUT2D eigenvalue weighted by molar-refractivity contribution is 4.81. The van der Waals surface area contributed by atoms with Crippen LogP contribution in [0.1, 0.15) is 46.0 Å². The molecule has 2 aliphatic rings. The lowest BCUT2D eigenvalue weighted by atomic mass is 9.80. The summed E-state index contributed by atoms with van der Waals surface area (Å²) in [6, 6.07) is 0.800. The van der Waals surface area contributed by atoms with Gasteiger partial charge in [-0.1, -0.05) is 13.8 Å². The topological polar surface area (TPSA) is 24.1 Å². The monoisotopic (exact) mass is 224 g/mol. The van der Waals surface area contributed by atoms with Crippen molar-refractivity contribution in [1.29, 1.82) is 0 Å². The van der Waals surface area contributed by atoms with Gasteiger partial charge in [0, 0.05) is 6.04 Å². The Hall–Kier alpha value is -0.0800. The molecule has 2 rings (SSSR count). The maximum Gasteiger partial charge on any atom is 0.00722 e. The molecule has 94 valence electrons. The van der Waals surface area contributed by atoms with Crippen LogP contribution in [-0.4, -0.2) is 25.7 Å². The zero-order chi connectivity index (χ0) is 11.4. The SMILES string of the molecule is CC1CC(C)CC(NCC2CCNCC2)C1. The van der Waals surface area contributed by atoms with Gasteiger partial charge in [0.2, 0.25) is 0 Å². The highest BCUT2D eigenvalue weighted by Crippen LogP contribution is 2.28. The number of nitrogens with one attached hydrogen (secondary N) is 2. The molecule has 0 aromatic rings. The lowest BCUT2D eigenvalue weighted by Gasteiger charge is -2.33.